The minimum absolute atomic E-state index is 0.300. The fourth-order valence-electron chi connectivity index (χ4n) is 2.19. The van der Waals surface area contributed by atoms with Gasteiger partial charge in [0.05, 0.1) is 0 Å². The maximum absolute atomic E-state index is 11.6. The zero-order chi connectivity index (χ0) is 12.3. The van der Waals surface area contributed by atoms with Crippen LogP contribution in [-0.4, -0.2) is 5.78 Å². The molecule has 1 aromatic rings. The third-order valence-electron chi connectivity index (χ3n) is 3.24. The molecule has 1 saturated carbocycles. The topological polar surface area (TPSA) is 29.1 Å². The van der Waals surface area contributed by atoms with Crippen LogP contribution in [0.1, 0.15) is 36.8 Å². The second-order valence-corrected chi connectivity index (χ2v) is 4.76. The third-order valence-corrected chi connectivity index (χ3v) is 3.24. The summed E-state index contributed by atoms with van der Waals surface area (Å²) in [6.07, 6.45) is 5.68. The number of ketones is 1. The van der Waals surface area contributed by atoms with Crippen LogP contribution in [0.25, 0.3) is 0 Å². The number of rotatable bonds is 2. The van der Waals surface area contributed by atoms with Gasteiger partial charge in [-0.05, 0) is 44.7 Å². The molecule has 0 unspecified atom stereocenters. The van der Waals surface area contributed by atoms with E-state index >= 15 is 0 Å². The van der Waals surface area contributed by atoms with E-state index in [1.54, 1.807) is 0 Å². The third kappa shape index (κ3) is 2.96. The number of hydrogen-bond donors (Lipinski definition) is 1. The van der Waals surface area contributed by atoms with E-state index in [2.05, 4.69) is 37.4 Å². The quantitative estimate of drug-likeness (QED) is 0.783. The number of aryl methyl sites for hydroxylation is 2. The normalized spacial score (nSPS) is 18.5. The maximum atomic E-state index is 11.6. The molecule has 1 aliphatic rings. The lowest BCUT2D eigenvalue weighted by atomic mass is 9.94. The molecule has 0 aromatic heterocycles. The van der Waals surface area contributed by atoms with Crippen LogP contribution in [0.15, 0.2) is 30.0 Å². The molecule has 2 nitrogen and oxygen atoms in total. The highest BCUT2D eigenvalue weighted by atomic mass is 16.1. The van der Waals surface area contributed by atoms with Gasteiger partial charge in [0.25, 0.3) is 0 Å². The summed E-state index contributed by atoms with van der Waals surface area (Å²) in [5, 5.41) is 3.26. The number of nitrogens with one attached hydrogen (secondary N) is 1. The van der Waals surface area contributed by atoms with Crippen LogP contribution < -0.4 is 5.32 Å². The first-order valence-electron chi connectivity index (χ1n) is 6.23. The molecule has 0 amide bonds. The van der Waals surface area contributed by atoms with Crippen molar-refractivity contribution in [3.8, 4) is 0 Å². The molecule has 17 heavy (non-hydrogen) atoms. The van der Waals surface area contributed by atoms with Gasteiger partial charge in [-0.2, -0.15) is 0 Å². The Hall–Kier alpha value is -1.57. The first-order valence-corrected chi connectivity index (χ1v) is 6.23. The van der Waals surface area contributed by atoms with Crippen molar-refractivity contribution < 1.29 is 4.79 Å². The molecule has 1 aliphatic carbocycles. The lowest BCUT2D eigenvalue weighted by molar-refractivity contribution is -0.116. The van der Waals surface area contributed by atoms with E-state index in [4.69, 9.17) is 0 Å². The van der Waals surface area contributed by atoms with Gasteiger partial charge in [-0.25, -0.2) is 0 Å². The van der Waals surface area contributed by atoms with Gasteiger partial charge >= 0.3 is 0 Å². The molecule has 2 heteroatoms. The first-order chi connectivity index (χ1) is 8.16. The number of Topliss-reactive ketones (excluding diaryl/α,β-unsaturated/α-hetero) is 1. The van der Waals surface area contributed by atoms with Crippen molar-refractivity contribution in [2.24, 2.45) is 0 Å². The van der Waals surface area contributed by atoms with Crippen molar-refractivity contribution >= 4 is 11.5 Å². The largest absolute Gasteiger partial charge is 0.361 e. The van der Waals surface area contributed by atoms with Crippen LogP contribution in [0.4, 0.5) is 5.69 Å². The van der Waals surface area contributed by atoms with Crippen molar-refractivity contribution in [2.45, 2.75) is 39.5 Å². The van der Waals surface area contributed by atoms with Crippen molar-refractivity contribution in [3.05, 3.63) is 41.1 Å². The summed E-state index contributed by atoms with van der Waals surface area (Å²) in [5.74, 6) is 0.300. The number of hydrogen-bond acceptors (Lipinski definition) is 2. The minimum atomic E-state index is 0.300. The summed E-state index contributed by atoms with van der Waals surface area (Å²) in [6, 6.07) is 6.29. The Labute approximate surface area is 103 Å². The van der Waals surface area contributed by atoms with E-state index in [-0.39, 0.29) is 0 Å². The molecule has 1 aromatic carbocycles. The molecule has 0 heterocycles. The summed E-state index contributed by atoms with van der Waals surface area (Å²) in [7, 11) is 0. The zero-order valence-electron chi connectivity index (χ0n) is 10.5. The lowest BCUT2D eigenvalue weighted by Gasteiger charge is -2.13. The molecule has 1 fully saturated rings. The molecular formula is C15H19NO. The van der Waals surface area contributed by atoms with Crippen LogP contribution in [0.5, 0.6) is 0 Å². The Balaban J connectivity index is 2.10. The Bertz CT molecular complexity index is 460. The molecule has 0 atom stereocenters. The SMILES string of the molecule is Cc1ccc(N/C=C2/CCCCC2=O)c(C)c1. The Morgan fingerprint density at radius 3 is 2.65 bits per heavy atom. The van der Waals surface area contributed by atoms with Gasteiger partial charge in [0.15, 0.2) is 5.78 Å². The van der Waals surface area contributed by atoms with Gasteiger partial charge in [0.2, 0.25) is 0 Å². The minimum Gasteiger partial charge on any atom is -0.361 e. The summed E-state index contributed by atoms with van der Waals surface area (Å²) in [4.78, 5) is 11.6. The van der Waals surface area contributed by atoms with Gasteiger partial charge in [0.1, 0.15) is 0 Å². The van der Waals surface area contributed by atoms with E-state index < -0.39 is 0 Å². The second-order valence-electron chi connectivity index (χ2n) is 4.76. The van der Waals surface area contributed by atoms with E-state index in [1.165, 1.54) is 11.1 Å². The molecule has 2 rings (SSSR count). The second kappa shape index (κ2) is 5.17. The van der Waals surface area contributed by atoms with Gasteiger partial charge in [0, 0.05) is 23.9 Å². The summed E-state index contributed by atoms with van der Waals surface area (Å²) >= 11 is 0. The molecule has 0 spiro atoms. The standard InChI is InChI=1S/C15H19NO/c1-11-7-8-14(12(2)9-11)16-10-13-5-3-4-6-15(13)17/h7-10,16H,3-6H2,1-2H3/b13-10-. The van der Waals surface area contributed by atoms with Crippen molar-refractivity contribution in [1.82, 2.24) is 0 Å². The molecular weight excluding hydrogens is 210 g/mol. The molecule has 0 bridgehead atoms. The summed E-state index contributed by atoms with van der Waals surface area (Å²) < 4.78 is 0. The average molecular weight is 229 g/mol. The average Bonchev–Trinajstić information content (AvgIpc) is 2.30. The van der Waals surface area contributed by atoms with Gasteiger partial charge < -0.3 is 5.32 Å². The lowest BCUT2D eigenvalue weighted by Crippen LogP contribution is -2.10. The fourth-order valence-corrected chi connectivity index (χ4v) is 2.19. The Kier molecular flexibility index (Phi) is 3.62. The van der Waals surface area contributed by atoms with Gasteiger partial charge in [-0.1, -0.05) is 17.7 Å². The highest BCUT2D eigenvalue weighted by Gasteiger charge is 2.14. The van der Waals surface area contributed by atoms with Crippen LogP contribution >= 0.6 is 0 Å². The molecule has 0 aliphatic heterocycles. The monoisotopic (exact) mass is 229 g/mol. The Morgan fingerprint density at radius 1 is 1.18 bits per heavy atom. The number of anilines is 1. The van der Waals surface area contributed by atoms with Crippen LogP contribution in [0, 0.1) is 13.8 Å². The molecule has 1 N–H and O–H groups in total. The smallest absolute Gasteiger partial charge is 0.160 e. The maximum Gasteiger partial charge on any atom is 0.160 e. The molecule has 0 radical (unpaired) electrons. The Morgan fingerprint density at radius 2 is 1.94 bits per heavy atom. The number of allylic oxidation sites excluding steroid dienone is 1. The zero-order valence-corrected chi connectivity index (χ0v) is 10.5. The molecule has 90 valence electrons. The summed E-state index contributed by atoms with van der Waals surface area (Å²) in [6.45, 7) is 4.16. The van der Waals surface area contributed by atoms with Crippen molar-refractivity contribution in [2.75, 3.05) is 5.32 Å². The predicted molar refractivity (Wildman–Crippen MR) is 71.1 cm³/mol. The highest BCUT2D eigenvalue weighted by molar-refractivity contribution is 5.96. The highest BCUT2D eigenvalue weighted by Crippen LogP contribution is 2.21. The number of carbonyl (C=O) groups is 1. The summed E-state index contributed by atoms with van der Waals surface area (Å²) in [5.41, 5.74) is 4.50. The van der Waals surface area contributed by atoms with Gasteiger partial charge in [-0.3, -0.25) is 4.79 Å². The number of benzene rings is 1. The first kappa shape index (κ1) is 11.9. The van der Waals surface area contributed by atoms with Crippen LogP contribution in [0.2, 0.25) is 0 Å². The molecule has 0 saturated heterocycles. The van der Waals surface area contributed by atoms with E-state index in [9.17, 15) is 4.79 Å². The van der Waals surface area contributed by atoms with Crippen molar-refractivity contribution in [3.63, 3.8) is 0 Å². The fraction of sp³-hybridized carbons (Fsp3) is 0.400. The van der Waals surface area contributed by atoms with Crippen LogP contribution in [0.3, 0.4) is 0 Å². The van der Waals surface area contributed by atoms with Crippen molar-refractivity contribution in [1.29, 1.82) is 0 Å². The predicted octanol–water partition coefficient (Wildman–Crippen LogP) is 3.74. The van der Waals surface area contributed by atoms with E-state index in [1.807, 2.05) is 6.20 Å². The number of carbonyl (C=O) groups excluding carboxylic acids is 1. The van der Waals surface area contributed by atoms with Crippen LogP contribution in [-0.2, 0) is 4.79 Å². The van der Waals surface area contributed by atoms with Gasteiger partial charge in [-0.15, -0.1) is 0 Å². The van der Waals surface area contributed by atoms with E-state index in [0.717, 1.165) is 30.5 Å². The van der Waals surface area contributed by atoms with E-state index in [0.29, 0.717) is 12.2 Å².